The highest BCUT2D eigenvalue weighted by atomic mass is 32.2. The number of fused-ring (bicyclic) bond motifs is 1. The first-order chi connectivity index (χ1) is 15.0. The largest absolute Gasteiger partial charge is 0.497 e. The zero-order chi connectivity index (χ0) is 21.8. The van der Waals surface area contributed by atoms with Crippen molar-refractivity contribution in [1.29, 1.82) is 0 Å². The standard InChI is InChI=1S/C21H22N6O3S/c1-14-11-19(28)22-17-5-3-4-6-18(17)27(14)20(29)13-31-21-23-24-25-26(21)12-15-7-9-16(30-2)10-8-15/h3-10,14H,11-13H2,1-2H3,(H,22,28)/t14-/m1/s1. The van der Waals surface area contributed by atoms with E-state index in [-0.39, 0.29) is 30.0 Å². The van der Waals surface area contributed by atoms with E-state index >= 15 is 0 Å². The summed E-state index contributed by atoms with van der Waals surface area (Å²) >= 11 is 1.27. The molecule has 9 nitrogen and oxygen atoms in total. The molecular formula is C21H22N6O3S. The Balaban J connectivity index is 1.47. The number of thioether (sulfide) groups is 1. The van der Waals surface area contributed by atoms with Gasteiger partial charge in [-0.3, -0.25) is 9.59 Å². The normalized spacial score (nSPS) is 15.7. The molecule has 3 aromatic rings. The Morgan fingerprint density at radius 3 is 2.77 bits per heavy atom. The van der Waals surface area contributed by atoms with Crippen LogP contribution in [0.3, 0.4) is 0 Å². The first-order valence-corrected chi connectivity index (χ1v) is 10.8. The fraction of sp³-hybridized carbons (Fsp3) is 0.286. The fourth-order valence-electron chi connectivity index (χ4n) is 3.47. The fourth-order valence-corrected chi connectivity index (χ4v) is 4.20. The molecule has 31 heavy (non-hydrogen) atoms. The van der Waals surface area contributed by atoms with Crippen LogP contribution in [0.5, 0.6) is 5.75 Å². The molecule has 0 aliphatic carbocycles. The molecule has 1 aliphatic heterocycles. The lowest BCUT2D eigenvalue weighted by molar-refractivity contribution is -0.117. The number of hydrogen-bond donors (Lipinski definition) is 1. The highest BCUT2D eigenvalue weighted by Crippen LogP contribution is 2.32. The highest BCUT2D eigenvalue weighted by Gasteiger charge is 2.29. The van der Waals surface area contributed by atoms with Crippen LogP contribution in [0.25, 0.3) is 0 Å². The molecule has 0 unspecified atom stereocenters. The van der Waals surface area contributed by atoms with Gasteiger partial charge in [0.25, 0.3) is 0 Å². The van der Waals surface area contributed by atoms with Crippen molar-refractivity contribution in [2.75, 3.05) is 23.1 Å². The number of benzene rings is 2. The second kappa shape index (κ2) is 9.17. The summed E-state index contributed by atoms with van der Waals surface area (Å²) in [6, 6.07) is 14.7. The summed E-state index contributed by atoms with van der Waals surface area (Å²) in [5.41, 5.74) is 2.35. The number of carbonyl (C=O) groups is 2. The average Bonchev–Trinajstić information content (AvgIpc) is 3.15. The van der Waals surface area contributed by atoms with Gasteiger partial charge in [0.05, 0.1) is 30.8 Å². The van der Waals surface area contributed by atoms with E-state index in [1.54, 1.807) is 22.8 Å². The van der Waals surface area contributed by atoms with Crippen molar-refractivity contribution in [2.24, 2.45) is 0 Å². The van der Waals surface area contributed by atoms with Crippen LogP contribution in [-0.4, -0.2) is 50.9 Å². The van der Waals surface area contributed by atoms with E-state index in [1.807, 2.05) is 49.4 Å². The maximum atomic E-state index is 13.1. The molecule has 2 aromatic carbocycles. The molecule has 2 heterocycles. The quantitative estimate of drug-likeness (QED) is 0.590. The molecule has 0 bridgehead atoms. The van der Waals surface area contributed by atoms with Gasteiger partial charge in [0, 0.05) is 12.5 Å². The summed E-state index contributed by atoms with van der Waals surface area (Å²) in [5, 5.41) is 15.3. The van der Waals surface area contributed by atoms with Crippen molar-refractivity contribution in [3.8, 4) is 5.75 Å². The van der Waals surface area contributed by atoms with Crippen molar-refractivity contribution in [3.05, 3.63) is 54.1 Å². The molecule has 0 spiro atoms. The van der Waals surface area contributed by atoms with E-state index < -0.39 is 0 Å². The molecule has 1 atom stereocenters. The molecule has 0 saturated carbocycles. The number of tetrazole rings is 1. The third-order valence-electron chi connectivity index (χ3n) is 4.94. The van der Waals surface area contributed by atoms with E-state index in [9.17, 15) is 9.59 Å². The first-order valence-electron chi connectivity index (χ1n) is 9.78. The summed E-state index contributed by atoms with van der Waals surface area (Å²) < 4.78 is 6.84. The number of aromatic nitrogens is 4. The van der Waals surface area contributed by atoms with Gasteiger partial charge in [0.15, 0.2) is 0 Å². The lowest BCUT2D eigenvalue weighted by Crippen LogP contribution is -2.40. The second-order valence-corrected chi connectivity index (χ2v) is 8.08. The predicted octanol–water partition coefficient (Wildman–Crippen LogP) is 2.59. The topological polar surface area (TPSA) is 102 Å². The van der Waals surface area contributed by atoms with Crippen LogP contribution >= 0.6 is 11.8 Å². The van der Waals surface area contributed by atoms with Crippen LogP contribution in [-0.2, 0) is 16.1 Å². The van der Waals surface area contributed by atoms with Crippen molar-refractivity contribution in [3.63, 3.8) is 0 Å². The molecule has 0 radical (unpaired) electrons. The van der Waals surface area contributed by atoms with Gasteiger partial charge in [-0.1, -0.05) is 36.0 Å². The number of ether oxygens (including phenoxy) is 1. The first kappa shape index (κ1) is 20.9. The molecule has 10 heteroatoms. The highest BCUT2D eigenvalue weighted by molar-refractivity contribution is 7.99. The van der Waals surface area contributed by atoms with E-state index in [1.165, 1.54) is 11.8 Å². The van der Waals surface area contributed by atoms with Crippen LogP contribution in [0.2, 0.25) is 0 Å². The minimum Gasteiger partial charge on any atom is -0.497 e. The van der Waals surface area contributed by atoms with Crippen LogP contribution in [0.4, 0.5) is 11.4 Å². The SMILES string of the molecule is COc1ccc(Cn2nnnc2SCC(=O)N2c3ccccc3NC(=O)C[C@H]2C)cc1. The number of anilines is 2. The molecule has 1 aromatic heterocycles. The number of hydrogen-bond acceptors (Lipinski definition) is 7. The zero-order valence-corrected chi connectivity index (χ0v) is 18.0. The lowest BCUT2D eigenvalue weighted by Gasteiger charge is -2.27. The van der Waals surface area contributed by atoms with E-state index in [2.05, 4.69) is 20.8 Å². The molecule has 1 aliphatic rings. The van der Waals surface area contributed by atoms with Gasteiger partial charge >= 0.3 is 0 Å². The maximum absolute atomic E-state index is 13.1. The number of para-hydroxylation sites is 2. The summed E-state index contributed by atoms with van der Waals surface area (Å²) in [5.74, 6) is 0.711. The summed E-state index contributed by atoms with van der Waals surface area (Å²) in [7, 11) is 1.62. The van der Waals surface area contributed by atoms with Crippen LogP contribution in [0.15, 0.2) is 53.7 Å². The third kappa shape index (κ3) is 4.69. The molecule has 1 N–H and O–H groups in total. The Morgan fingerprint density at radius 1 is 1.23 bits per heavy atom. The van der Waals surface area contributed by atoms with Gasteiger partial charge in [-0.2, -0.15) is 0 Å². The Labute approximate surface area is 183 Å². The van der Waals surface area contributed by atoms with Gasteiger partial charge in [-0.05, 0) is 47.2 Å². The molecule has 0 saturated heterocycles. The zero-order valence-electron chi connectivity index (χ0n) is 17.2. The number of amides is 2. The maximum Gasteiger partial charge on any atom is 0.237 e. The summed E-state index contributed by atoms with van der Waals surface area (Å²) in [4.78, 5) is 27.0. The summed E-state index contributed by atoms with van der Waals surface area (Å²) in [6.45, 7) is 2.35. The minimum atomic E-state index is -0.257. The molecule has 2 amide bonds. The van der Waals surface area contributed by atoms with Gasteiger partial charge < -0.3 is 15.0 Å². The average molecular weight is 439 g/mol. The van der Waals surface area contributed by atoms with Crippen LogP contribution in [0.1, 0.15) is 18.9 Å². The van der Waals surface area contributed by atoms with E-state index in [4.69, 9.17) is 4.74 Å². The lowest BCUT2D eigenvalue weighted by atomic mass is 10.2. The van der Waals surface area contributed by atoms with Crippen molar-refractivity contribution < 1.29 is 14.3 Å². The summed E-state index contributed by atoms with van der Waals surface area (Å²) in [6.07, 6.45) is 0.236. The van der Waals surface area contributed by atoms with Gasteiger partial charge in [-0.15, -0.1) is 5.10 Å². The van der Waals surface area contributed by atoms with E-state index in [0.29, 0.717) is 23.1 Å². The predicted molar refractivity (Wildman–Crippen MR) is 117 cm³/mol. The van der Waals surface area contributed by atoms with Crippen LogP contribution < -0.4 is 15.0 Å². The van der Waals surface area contributed by atoms with Crippen molar-refractivity contribution in [2.45, 2.75) is 31.1 Å². The Morgan fingerprint density at radius 2 is 2.00 bits per heavy atom. The van der Waals surface area contributed by atoms with Gasteiger partial charge in [0.1, 0.15) is 5.75 Å². The molecular weight excluding hydrogens is 416 g/mol. The number of nitrogens with zero attached hydrogens (tertiary/aromatic N) is 5. The minimum absolute atomic E-state index is 0.105. The molecule has 160 valence electrons. The number of methoxy groups -OCH3 is 1. The number of rotatable bonds is 6. The van der Waals surface area contributed by atoms with Gasteiger partial charge in [-0.25, -0.2) is 4.68 Å². The molecule has 4 rings (SSSR count). The molecule has 0 fully saturated rings. The Bertz CT molecular complexity index is 1080. The number of carbonyl (C=O) groups excluding carboxylic acids is 2. The monoisotopic (exact) mass is 438 g/mol. The Kier molecular flexibility index (Phi) is 6.17. The van der Waals surface area contributed by atoms with Crippen LogP contribution in [0, 0.1) is 0 Å². The smallest absolute Gasteiger partial charge is 0.237 e. The van der Waals surface area contributed by atoms with Gasteiger partial charge in [0.2, 0.25) is 17.0 Å². The Hall–Kier alpha value is -3.40. The van der Waals surface area contributed by atoms with E-state index in [0.717, 1.165) is 11.3 Å². The third-order valence-corrected chi connectivity index (χ3v) is 5.89. The second-order valence-electron chi connectivity index (χ2n) is 7.14. The van der Waals surface area contributed by atoms with Crippen molar-refractivity contribution in [1.82, 2.24) is 20.2 Å². The van der Waals surface area contributed by atoms with Crippen molar-refractivity contribution >= 4 is 35.0 Å². The number of nitrogens with one attached hydrogen (secondary N) is 1.